The second-order valence-electron chi connectivity index (χ2n) is 4.64. The zero-order chi connectivity index (χ0) is 16.3. The van der Waals surface area contributed by atoms with Crippen LogP contribution in [0.3, 0.4) is 0 Å². The van der Waals surface area contributed by atoms with Crippen LogP contribution in [0.15, 0.2) is 30.3 Å². The molecule has 1 heterocycles. The Balaban J connectivity index is 2.39. The van der Waals surface area contributed by atoms with E-state index in [1.165, 1.54) is 25.3 Å². The van der Waals surface area contributed by atoms with Gasteiger partial charge in [0.1, 0.15) is 5.75 Å². The average Bonchev–Trinajstić information content (AvgIpc) is 2.51. The molecule has 1 aromatic carbocycles. The summed E-state index contributed by atoms with van der Waals surface area (Å²) in [5.74, 6) is -0.140. The van der Waals surface area contributed by atoms with Crippen molar-refractivity contribution in [1.82, 2.24) is 0 Å². The molecule has 0 saturated carbocycles. The molecule has 0 atom stereocenters. The Bertz CT molecular complexity index is 744. The van der Waals surface area contributed by atoms with E-state index in [2.05, 4.69) is 5.32 Å². The lowest BCUT2D eigenvalue weighted by molar-refractivity contribution is -0.909. The predicted octanol–water partition coefficient (Wildman–Crippen LogP) is 1.36. The number of rotatable bonds is 4. The second-order valence-corrected chi connectivity index (χ2v) is 4.64. The van der Waals surface area contributed by atoms with Crippen LogP contribution >= 0.6 is 0 Å². The maximum atomic E-state index is 12.3. The van der Waals surface area contributed by atoms with Gasteiger partial charge in [-0.1, -0.05) is 0 Å². The number of carbonyl (C=O) groups is 1. The van der Waals surface area contributed by atoms with Crippen LogP contribution in [0.5, 0.6) is 5.75 Å². The van der Waals surface area contributed by atoms with Gasteiger partial charge in [0, 0.05) is 47.3 Å². The normalized spacial score (nSPS) is 10.1. The van der Waals surface area contributed by atoms with Crippen molar-refractivity contribution in [2.75, 3.05) is 18.2 Å². The van der Waals surface area contributed by atoms with Crippen molar-refractivity contribution >= 4 is 23.5 Å². The average molecular weight is 301 g/mol. The molecule has 2 aromatic rings. The largest absolute Gasteiger partial charge is 0.494 e. The Morgan fingerprint density at radius 1 is 1.45 bits per heavy atom. The van der Waals surface area contributed by atoms with Gasteiger partial charge < -0.3 is 21.2 Å². The number of nitrogen functional groups attached to an aromatic ring is 1. The zero-order valence-electron chi connectivity index (χ0n) is 12.3. The van der Waals surface area contributed by atoms with E-state index in [9.17, 15) is 10.0 Å². The van der Waals surface area contributed by atoms with Gasteiger partial charge in [-0.05, 0) is 12.1 Å². The van der Waals surface area contributed by atoms with Crippen LogP contribution in [0.25, 0.3) is 0 Å². The number of nitrogens with two attached hydrogens (primary N) is 1. The minimum Gasteiger partial charge on any atom is -0.494 e. The van der Waals surface area contributed by atoms with Crippen molar-refractivity contribution in [3.63, 3.8) is 0 Å². The lowest BCUT2D eigenvalue weighted by atomic mass is 10.1. The Morgan fingerprint density at radius 2 is 2.18 bits per heavy atom. The molecule has 0 unspecified atom stereocenters. The molecule has 5 N–H and O–H groups in total. The van der Waals surface area contributed by atoms with Gasteiger partial charge in [0.05, 0.1) is 12.8 Å². The summed E-state index contributed by atoms with van der Waals surface area (Å²) >= 11 is 0. The molecule has 22 heavy (non-hydrogen) atoms. The van der Waals surface area contributed by atoms with E-state index in [1.807, 2.05) is 0 Å². The molecule has 114 valence electrons. The molecule has 0 bridgehead atoms. The van der Waals surface area contributed by atoms with E-state index in [-0.39, 0.29) is 5.69 Å². The summed E-state index contributed by atoms with van der Waals surface area (Å²) in [5.41, 5.74) is 7.57. The van der Waals surface area contributed by atoms with Gasteiger partial charge in [-0.3, -0.25) is 10.0 Å². The summed E-state index contributed by atoms with van der Waals surface area (Å²) in [6.07, 6.45) is 1.09. The number of aryl methyl sites for hydroxylation is 1. The summed E-state index contributed by atoms with van der Waals surface area (Å²) in [7, 11) is 1.45. The molecule has 7 nitrogen and oxygen atoms in total. The van der Waals surface area contributed by atoms with E-state index in [4.69, 9.17) is 15.9 Å². The fourth-order valence-corrected chi connectivity index (χ4v) is 1.97. The molecule has 7 heteroatoms. The van der Waals surface area contributed by atoms with Gasteiger partial charge in [0.2, 0.25) is 5.69 Å². The molecule has 1 aromatic heterocycles. The van der Waals surface area contributed by atoms with Gasteiger partial charge in [-0.2, -0.15) is 0 Å². The topological polar surface area (TPSA) is 112 Å². The number of aromatic nitrogens is 1. The third-order valence-corrected chi connectivity index (χ3v) is 3.20. The van der Waals surface area contributed by atoms with Gasteiger partial charge >= 0.3 is 11.6 Å². The van der Waals surface area contributed by atoms with Crippen molar-refractivity contribution in [3.8, 4) is 5.75 Å². The monoisotopic (exact) mass is 301 g/mol. The van der Waals surface area contributed by atoms with Gasteiger partial charge in [0.15, 0.2) is 0 Å². The summed E-state index contributed by atoms with van der Waals surface area (Å²) in [4.78, 5) is 12.3. The Morgan fingerprint density at radius 3 is 2.82 bits per heavy atom. The lowest BCUT2D eigenvalue weighted by Gasteiger charge is -2.11. The maximum Gasteiger partial charge on any atom is 0.325 e. The quantitative estimate of drug-likeness (QED) is 0.295. The van der Waals surface area contributed by atoms with Gasteiger partial charge in [-0.15, -0.1) is 0 Å². The van der Waals surface area contributed by atoms with E-state index < -0.39 is 5.91 Å². The number of hydrogen-bond donors (Lipinski definition) is 4. The van der Waals surface area contributed by atoms with Crippen LogP contribution in [0.1, 0.15) is 21.7 Å². The van der Waals surface area contributed by atoms with Gasteiger partial charge in [0.25, 0.3) is 0 Å². The van der Waals surface area contributed by atoms with Crippen molar-refractivity contribution in [1.29, 1.82) is 5.41 Å². The smallest absolute Gasteiger partial charge is 0.325 e. The van der Waals surface area contributed by atoms with Crippen molar-refractivity contribution in [2.24, 2.45) is 0 Å². The first-order chi connectivity index (χ1) is 10.5. The van der Waals surface area contributed by atoms with E-state index in [0.29, 0.717) is 28.4 Å². The molecular weight excluding hydrogens is 284 g/mol. The van der Waals surface area contributed by atoms with Crippen LogP contribution in [0.2, 0.25) is 0 Å². The van der Waals surface area contributed by atoms with Crippen LogP contribution in [-0.4, -0.2) is 24.4 Å². The van der Waals surface area contributed by atoms with E-state index in [0.717, 1.165) is 10.9 Å². The molecule has 0 radical (unpaired) electrons. The fourth-order valence-electron chi connectivity index (χ4n) is 1.97. The number of anilines is 2. The van der Waals surface area contributed by atoms with E-state index >= 15 is 0 Å². The number of nitrogens with one attached hydrogen (secondary N) is 2. The highest BCUT2D eigenvalue weighted by molar-refractivity contribution is 6.03. The summed E-state index contributed by atoms with van der Waals surface area (Å²) in [6.45, 7) is 1.67. The third kappa shape index (κ3) is 2.83. The highest BCUT2D eigenvalue weighted by Gasteiger charge is 2.22. The molecule has 0 saturated heterocycles. The Hall–Kier alpha value is -3.09. The number of pyridine rings is 1. The van der Waals surface area contributed by atoms with Gasteiger partial charge in [-0.25, -0.2) is 0 Å². The lowest BCUT2D eigenvalue weighted by Crippen LogP contribution is -2.42. The number of benzene rings is 1. The molecular formula is C15H17N4O3+. The number of methoxy groups -OCH3 is 1. The van der Waals surface area contributed by atoms with Crippen molar-refractivity contribution in [2.45, 2.75) is 6.92 Å². The van der Waals surface area contributed by atoms with Crippen molar-refractivity contribution in [3.05, 3.63) is 47.3 Å². The first kappa shape index (κ1) is 15.3. The van der Waals surface area contributed by atoms with E-state index in [1.54, 1.807) is 19.1 Å². The standard InChI is InChI=1S/C15H16N4O3/c1-9-4-3-5-13(19(9)21)15(20)18-12-6-10(8-16)11(17)7-14(12)22-2/h3-8,16-17,20-21H,1-2H3/p+1. The highest BCUT2D eigenvalue weighted by atomic mass is 16.5. The number of carbonyl (C=O) groups excluding carboxylic acids is 1. The molecule has 0 aliphatic carbocycles. The molecule has 0 aliphatic heterocycles. The van der Waals surface area contributed by atoms with Crippen LogP contribution in [-0.2, 0) is 0 Å². The van der Waals surface area contributed by atoms with Crippen molar-refractivity contribution < 1.29 is 19.5 Å². The Labute approximate surface area is 127 Å². The molecule has 1 amide bonds. The first-order valence-electron chi connectivity index (χ1n) is 6.48. The highest BCUT2D eigenvalue weighted by Crippen LogP contribution is 2.29. The fraction of sp³-hybridized carbons (Fsp3) is 0.133. The minimum atomic E-state index is -0.509. The number of hydrogen-bond acceptors (Lipinski definition) is 5. The molecule has 0 aliphatic rings. The summed E-state index contributed by atoms with van der Waals surface area (Å²) in [6, 6.07) is 7.90. The maximum absolute atomic E-state index is 12.3. The summed E-state index contributed by atoms with van der Waals surface area (Å²) < 4.78 is 5.98. The van der Waals surface area contributed by atoms with Crippen LogP contribution in [0.4, 0.5) is 11.4 Å². The first-order valence-corrected chi connectivity index (χ1v) is 6.48. The second kappa shape index (κ2) is 6.13. The SMILES string of the molecule is COc1cc(N)c(C=N)cc1NC(=O)c1cccc(C)[n+]1O. The summed E-state index contributed by atoms with van der Waals surface area (Å²) in [5, 5.41) is 19.8. The molecule has 2 rings (SSSR count). The number of amides is 1. The Kier molecular flexibility index (Phi) is 4.26. The molecule has 0 fully saturated rings. The number of ether oxygens (including phenoxy) is 1. The predicted molar refractivity (Wildman–Crippen MR) is 81.8 cm³/mol. The number of nitrogens with zero attached hydrogens (tertiary/aromatic N) is 1. The zero-order valence-corrected chi connectivity index (χ0v) is 12.3. The van der Waals surface area contributed by atoms with Crippen LogP contribution < -0.4 is 20.5 Å². The molecule has 0 spiro atoms. The van der Waals surface area contributed by atoms with Crippen LogP contribution in [0, 0.1) is 12.3 Å². The minimum absolute atomic E-state index is 0.0790. The third-order valence-electron chi connectivity index (χ3n) is 3.20.